The van der Waals surface area contributed by atoms with Gasteiger partial charge in [0.25, 0.3) is 5.91 Å². The first-order valence-corrected chi connectivity index (χ1v) is 9.71. The van der Waals surface area contributed by atoms with Gasteiger partial charge >= 0.3 is 0 Å². The fourth-order valence-corrected chi connectivity index (χ4v) is 3.50. The molecule has 3 rings (SSSR count). The molecule has 7 nitrogen and oxygen atoms in total. The highest BCUT2D eigenvalue weighted by atomic mass is 35.5. The predicted molar refractivity (Wildman–Crippen MR) is 117 cm³/mol. The summed E-state index contributed by atoms with van der Waals surface area (Å²) in [6.07, 6.45) is 0. The van der Waals surface area contributed by atoms with Gasteiger partial charge in [-0.15, -0.1) is 0 Å². The van der Waals surface area contributed by atoms with Gasteiger partial charge < -0.3 is 15.3 Å². The lowest BCUT2D eigenvalue weighted by Gasteiger charge is -2.27. The summed E-state index contributed by atoms with van der Waals surface area (Å²) in [5.74, 6) is 0.125. The predicted octanol–water partition coefficient (Wildman–Crippen LogP) is 3.63. The second kappa shape index (κ2) is 8.63. The van der Waals surface area contributed by atoms with E-state index < -0.39 is 0 Å². The molecule has 2 aromatic rings. The maximum atomic E-state index is 12.5. The van der Waals surface area contributed by atoms with Crippen molar-refractivity contribution < 1.29 is 9.90 Å². The van der Waals surface area contributed by atoms with Crippen molar-refractivity contribution in [2.45, 2.75) is 13.8 Å². The van der Waals surface area contributed by atoms with E-state index in [0.717, 1.165) is 11.4 Å². The fraction of sp³-hybridized carbons (Fsp3) is 0.286. The van der Waals surface area contributed by atoms with Crippen LogP contribution in [0.2, 0.25) is 5.02 Å². The summed E-state index contributed by atoms with van der Waals surface area (Å²) in [6, 6.07) is 12.6. The molecule has 0 saturated heterocycles. The maximum Gasteiger partial charge on any atom is 0.251 e. The van der Waals surface area contributed by atoms with Gasteiger partial charge in [-0.2, -0.15) is 0 Å². The highest BCUT2D eigenvalue weighted by Crippen LogP contribution is 2.39. The first-order chi connectivity index (χ1) is 13.8. The number of aliphatic hydroxyl groups is 1. The van der Waals surface area contributed by atoms with Crippen molar-refractivity contribution >= 4 is 46.2 Å². The van der Waals surface area contributed by atoms with Gasteiger partial charge in [0.2, 0.25) is 0 Å². The Labute approximate surface area is 174 Å². The Morgan fingerprint density at radius 1 is 1.24 bits per heavy atom. The second-order valence-corrected chi connectivity index (χ2v) is 7.41. The molecule has 0 bridgehead atoms. The summed E-state index contributed by atoms with van der Waals surface area (Å²) < 4.78 is 0. The quantitative estimate of drug-likeness (QED) is 0.454. The van der Waals surface area contributed by atoms with E-state index in [1.807, 2.05) is 24.0 Å². The average Bonchev–Trinajstić information content (AvgIpc) is 2.81. The van der Waals surface area contributed by atoms with Gasteiger partial charge in [0.05, 0.1) is 18.0 Å². The number of carbonyl (C=O) groups is 1. The minimum Gasteiger partial charge on any atom is -0.395 e. The monoisotopic (exact) mass is 413 g/mol. The largest absolute Gasteiger partial charge is 0.395 e. The number of hydrogen-bond donors (Lipinski definition) is 4. The Morgan fingerprint density at radius 3 is 2.55 bits per heavy atom. The van der Waals surface area contributed by atoms with Crippen LogP contribution in [0.1, 0.15) is 24.2 Å². The van der Waals surface area contributed by atoms with E-state index in [0.29, 0.717) is 28.7 Å². The number of nitrogens with zero attached hydrogens (tertiary/aromatic N) is 2. The Bertz CT molecular complexity index is 945. The maximum absolute atomic E-state index is 12.5. The SMILES string of the molecule is CC(=N)N1C(=N)[C@H](C)CN(c2ccc(Cl)cc2)c2cc(C(=O)NCCO)ccc21. The molecule has 0 spiro atoms. The van der Waals surface area contributed by atoms with E-state index in [2.05, 4.69) is 5.32 Å². The minimum absolute atomic E-state index is 0.136. The smallest absolute Gasteiger partial charge is 0.251 e. The number of hydrogen-bond acceptors (Lipinski definition) is 5. The van der Waals surface area contributed by atoms with Crippen LogP contribution in [0, 0.1) is 16.7 Å². The first-order valence-electron chi connectivity index (χ1n) is 9.33. The number of rotatable bonds is 4. The molecular weight excluding hydrogens is 390 g/mol. The Hall–Kier alpha value is -2.90. The van der Waals surface area contributed by atoms with Gasteiger partial charge in [-0.25, -0.2) is 0 Å². The summed E-state index contributed by atoms with van der Waals surface area (Å²) in [7, 11) is 0. The number of halogens is 1. The number of fused-ring (bicyclic) bond motifs is 1. The zero-order chi connectivity index (χ0) is 21.1. The van der Waals surface area contributed by atoms with Crippen LogP contribution >= 0.6 is 11.6 Å². The van der Waals surface area contributed by atoms with Crippen LogP contribution in [0.3, 0.4) is 0 Å². The van der Waals surface area contributed by atoms with E-state index in [4.69, 9.17) is 27.5 Å². The molecule has 0 fully saturated rings. The van der Waals surface area contributed by atoms with Gasteiger partial charge in [0.15, 0.2) is 0 Å². The molecule has 0 saturated carbocycles. The van der Waals surface area contributed by atoms with Crippen molar-refractivity contribution in [3.8, 4) is 0 Å². The molecule has 0 aromatic heterocycles. The lowest BCUT2D eigenvalue weighted by atomic mass is 10.1. The number of nitrogens with one attached hydrogen (secondary N) is 3. The number of amidine groups is 2. The molecule has 0 aliphatic carbocycles. The van der Waals surface area contributed by atoms with Gasteiger partial charge in [-0.1, -0.05) is 18.5 Å². The normalized spacial score (nSPS) is 16.3. The zero-order valence-corrected chi connectivity index (χ0v) is 17.1. The summed E-state index contributed by atoms with van der Waals surface area (Å²) in [5, 5.41) is 29.1. The Kier molecular flexibility index (Phi) is 6.20. The topological polar surface area (TPSA) is 104 Å². The molecule has 1 atom stereocenters. The molecule has 1 amide bonds. The van der Waals surface area contributed by atoms with Crippen LogP contribution in [0.5, 0.6) is 0 Å². The Balaban J connectivity index is 2.16. The fourth-order valence-electron chi connectivity index (χ4n) is 3.38. The third-order valence-corrected chi connectivity index (χ3v) is 5.06. The molecule has 2 aromatic carbocycles. The molecule has 29 heavy (non-hydrogen) atoms. The third kappa shape index (κ3) is 4.26. The Morgan fingerprint density at radius 2 is 1.93 bits per heavy atom. The summed E-state index contributed by atoms with van der Waals surface area (Å²) in [5.41, 5.74) is 2.72. The summed E-state index contributed by atoms with van der Waals surface area (Å²) >= 11 is 6.05. The van der Waals surface area contributed by atoms with E-state index in [1.165, 1.54) is 0 Å². The van der Waals surface area contributed by atoms with Crippen molar-refractivity contribution in [1.82, 2.24) is 5.32 Å². The van der Waals surface area contributed by atoms with Crippen LogP contribution in [-0.2, 0) is 0 Å². The third-order valence-electron chi connectivity index (χ3n) is 4.80. The van der Waals surface area contributed by atoms with Crippen molar-refractivity contribution in [3.05, 3.63) is 53.1 Å². The average molecular weight is 414 g/mol. The first kappa shape index (κ1) is 20.8. The van der Waals surface area contributed by atoms with Crippen LogP contribution in [0.25, 0.3) is 0 Å². The zero-order valence-electron chi connectivity index (χ0n) is 16.4. The van der Waals surface area contributed by atoms with Crippen molar-refractivity contribution in [1.29, 1.82) is 10.8 Å². The summed E-state index contributed by atoms with van der Waals surface area (Å²) in [4.78, 5) is 16.1. The van der Waals surface area contributed by atoms with Crippen LogP contribution in [0.4, 0.5) is 17.1 Å². The van der Waals surface area contributed by atoms with Crippen molar-refractivity contribution in [2.75, 3.05) is 29.5 Å². The summed E-state index contributed by atoms with van der Waals surface area (Å²) in [6.45, 7) is 4.14. The van der Waals surface area contributed by atoms with Gasteiger partial charge in [-0.05, 0) is 49.4 Å². The number of carbonyl (C=O) groups excluding carboxylic acids is 1. The number of aliphatic hydroxyl groups excluding tert-OH is 1. The van der Waals surface area contributed by atoms with Crippen LogP contribution < -0.4 is 15.1 Å². The molecule has 152 valence electrons. The van der Waals surface area contributed by atoms with Gasteiger partial charge in [0, 0.05) is 35.3 Å². The van der Waals surface area contributed by atoms with Crippen molar-refractivity contribution in [3.63, 3.8) is 0 Å². The molecule has 4 N–H and O–H groups in total. The van der Waals surface area contributed by atoms with Crippen LogP contribution in [0.15, 0.2) is 42.5 Å². The molecule has 0 unspecified atom stereocenters. The number of amides is 1. The van der Waals surface area contributed by atoms with Gasteiger partial charge in [-0.3, -0.25) is 20.5 Å². The van der Waals surface area contributed by atoms with E-state index in [1.54, 1.807) is 42.2 Å². The number of benzene rings is 2. The van der Waals surface area contributed by atoms with E-state index in [-0.39, 0.29) is 30.8 Å². The van der Waals surface area contributed by atoms with Crippen molar-refractivity contribution in [2.24, 2.45) is 5.92 Å². The second-order valence-electron chi connectivity index (χ2n) is 6.98. The highest BCUT2D eigenvalue weighted by molar-refractivity contribution is 6.30. The lowest BCUT2D eigenvalue weighted by Crippen LogP contribution is -2.38. The molecule has 8 heteroatoms. The molecule has 1 aliphatic heterocycles. The van der Waals surface area contributed by atoms with Gasteiger partial charge in [0.1, 0.15) is 11.7 Å². The minimum atomic E-state index is -0.289. The highest BCUT2D eigenvalue weighted by Gasteiger charge is 2.31. The molecule has 1 aliphatic rings. The van der Waals surface area contributed by atoms with Crippen LogP contribution in [-0.4, -0.2) is 42.4 Å². The molecule has 0 radical (unpaired) electrons. The van der Waals surface area contributed by atoms with E-state index >= 15 is 0 Å². The number of anilines is 3. The molecule has 1 heterocycles. The van der Waals surface area contributed by atoms with E-state index in [9.17, 15) is 4.79 Å². The lowest BCUT2D eigenvalue weighted by molar-refractivity contribution is 0.0945. The molecular formula is C21H24ClN5O2. The standard InChI is InChI=1S/C21H24ClN5O2/c1-13-12-26(17-6-4-16(22)5-7-17)19-11-15(21(29)25-9-10-28)3-8-18(19)27(14(2)23)20(13)24/h3-8,11,13,23-24,28H,9-10,12H2,1-2H3,(H,25,29)/t13-/m1/s1.